The van der Waals surface area contributed by atoms with Crippen molar-refractivity contribution in [3.63, 3.8) is 0 Å². The van der Waals surface area contributed by atoms with E-state index in [4.69, 9.17) is 9.47 Å². The van der Waals surface area contributed by atoms with E-state index in [0.29, 0.717) is 6.61 Å². The molecule has 1 aromatic heterocycles. The molecule has 3 rings (SSSR count). The van der Waals surface area contributed by atoms with E-state index in [1.165, 1.54) is 6.92 Å². The Bertz CT molecular complexity index is 1080. The first-order valence-corrected chi connectivity index (χ1v) is 15.3. The van der Waals surface area contributed by atoms with Gasteiger partial charge in [0.25, 0.3) is 5.91 Å². The summed E-state index contributed by atoms with van der Waals surface area (Å²) in [6.45, 7) is 9.21. The first-order valence-electron chi connectivity index (χ1n) is 11.6. The molecular weight excluding hydrogens is 462 g/mol. The van der Waals surface area contributed by atoms with Crippen molar-refractivity contribution < 1.29 is 24.6 Å². The van der Waals surface area contributed by atoms with Crippen LogP contribution in [-0.2, 0) is 27.6 Å². The number of nitrogens with one attached hydrogen (secondary N) is 1. The van der Waals surface area contributed by atoms with Crippen molar-refractivity contribution >= 4 is 14.0 Å². The smallest absolute Gasteiger partial charge is 0.278 e. The van der Waals surface area contributed by atoms with Crippen LogP contribution >= 0.6 is 0 Å². The Balaban J connectivity index is 1.65. The molecule has 0 bridgehead atoms. The van der Waals surface area contributed by atoms with Crippen molar-refractivity contribution in [2.45, 2.75) is 57.7 Å². The van der Waals surface area contributed by atoms with Crippen molar-refractivity contribution in [3.05, 3.63) is 78.1 Å². The van der Waals surface area contributed by atoms with Gasteiger partial charge in [0.15, 0.2) is 5.60 Å². The molecule has 35 heavy (non-hydrogen) atoms. The Morgan fingerprint density at radius 1 is 1.09 bits per heavy atom. The number of rotatable bonds is 12. The van der Waals surface area contributed by atoms with E-state index in [1.807, 2.05) is 54.6 Å². The van der Waals surface area contributed by atoms with Crippen LogP contribution in [0.4, 0.5) is 0 Å². The quantitative estimate of drug-likeness (QED) is 0.148. The molecule has 9 heteroatoms. The van der Waals surface area contributed by atoms with Gasteiger partial charge in [-0.2, -0.15) is 5.10 Å². The molecular formula is C26H35N3O5Si. The van der Waals surface area contributed by atoms with Gasteiger partial charge >= 0.3 is 0 Å². The highest BCUT2D eigenvalue weighted by Gasteiger charge is 2.44. The van der Waals surface area contributed by atoms with Gasteiger partial charge in [-0.15, -0.1) is 0 Å². The van der Waals surface area contributed by atoms with Crippen molar-refractivity contribution in [2.75, 3.05) is 6.61 Å². The predicted octanol–water partition coefficient (Wildman–Crippen LogP) is 4.38. The number of carbonyl (C=O) groups is 1. The van der Waals surface area contributed by atoms with Crippen LogP contribution in [0.5, 0.6) is 0 Å². The van der Waals surface area contributed by atoms with Gasteiger partial charge in [0, 0.05) is 20.9 Å². The van der Waals surface area contributed by atoms with E-state index in [2.05, 4.69) is 24.7 Å². The lowest BCUT2D eigenvalue weighted by Crippen LogP contribution is -2.50. The lowest BCUT2D eigenvalue weighted by atomic mass is 9.95. The summed E-state index contributed by atoms with van der Waals surface area (Å²) in [6.07, 6.45) is 0.258. The Morgan fingerprint density at radius 3 is 2.37 bits per heavy atom. The molecule has 3 aromatic rings. The second-order valence-corrected chi connectivity index (χ2v) is 15.6. The van der Waals surface area contributed by atoms with E-state index < -0.39 is 25.7 Å². The maximum absolute atomic E-state index is 12.5. The van der Waals surface area contributed by atoms with Crippen molar-refractivity contribution in [3.8, 4) is 11.1 Å². The third-order valence-corrected chi connectivity index (χ3v) is 7.54. The summed E-state index contributed by atoms with van der Waals surface area (Å²) in [5, 5.41) is 24.6. The molecule has 0 aliphatic carbocycles. The zero-order chi connectivity index (χ0) is 25.5. The Labute approximate surface area is 207 Å². The van der Waals surface area contributed by atoms with E-state index in [0.717, 1.165) is 22.7 Å². The maximum atomic E-state index is 12.5. The van der Waals surface area contributed by atoms with Gasteiger partial charge in [-0.05, 0) is 35.7 Å². The van der Waals surface area contributed by atoms with Crippen LogP contribution in [0.2, 0.25) is 25.7 Å². The number of hydrogen-bond donors (Lipinski definition) is 3. The average Bonchev–Trinajstić information content (AvgIpc) is 3.33. The molecule has 0 saturated heterocycles. The van der Waals surface area contributed by atoms with Crippen molar-refractivity contribution in [1.82, 2.24) is 15.3 Å². The van der Waals surface area contributed by atoms with Crippen molar-refractivity contribution in [1.29, 1.82) is 0 Å². The van der Waals surface area contributed by atoms with Crippen LogP contribution in [0.25, 0.3) is 11.1 Å². The van der Waals surface area contributed by atoms with Gasteiger partial charge in [-0.1, -0.05) is 74.2 Å². The standard InChI is InChI=1S/C26H35N3O5Si/c1-26(25(31)28-32,24(30)23-14-15-29(27-23)19-33-16-17-35(2,3)4)34-18-20-10-12-22(13-11-20)21-8-6-5-7-9-21/h5-15,24,30,32H,16-19H2,1-4H3,(H,28,31)/t24-,26-/m0/s1. The molecule has 0 unspecified atom stereocenters. The van der Waals surface area contributed by atoms with Crippen LogP contribution in [0.15, 0.2) is 66.9 Å². The van der Waals surface area contributed by atoms with E-state index in [9.17, 15) is 15.1 Å². The van der Waals surface area contributed by atoms with Crippen LogP contribution in [0, 0.1) is 0 Å². The second kappa shape index (κ2) is 11.7. The third kappa shape index (κ3) is 7.33. The molecule has 0 radical (unpaired) electrons. The minimum absolute atomic E-state index is 0.0521. The minimum atomic E-state index is -1.77. The number of aliphatic hydroxyl groups is 1. The zero-order valence-electron chi connectivity index (χ0n) is 20.8. The summed E-state index contributed by atoms with van der Waals surface area (Å²) in [4.78, 5) is 12.5. The molecule has 188 valence electrons. The second-order valence-electron chi connectivity index (χ2n) is 9.93. The first kappa shape index (κ1) is 26.8. The van der Waals surface area contributed by atoms with E-state index >= 15 is 0 Å². The number of benzene rings is 2. The SMILES string of the molecule is C[C@@](OCc1ccc(-c2ccccc2)cc1)(C(=O)NO)[C@@H](O)c1ccn(COCC[Si](C)(C)C)n1. The molecule has 1 heterocycles. The van der Waals surface area contributed by atoms with Crippen LogP contribution in [0.3, 0.4) is 0 Å². The summed E-state index contributed by atoms with van der Waals surface area (Å²) in [5.41, 5.74) is 3.04. The first-order chi connectivity index (χ1) is 16.6. The number of aliphatic hydroxyl groups excluding tert-OH is 1. The molecule has 0 spiro atoms. The largest absolute Gasteiger partial charge is 0.383 e. The molecule has 0 aliphatic rings. The number of carbonyl (C=O) groups excluding carboxylic acids is 1. The van der Waals surface area contributed by atoms with E-state index in [-0.39, 0.29) is 19.0 Å². The summed E-state index contributed by atoms with van der Waals surface area (Å²) >= 11 is 0. The molecule has 0 fully saturated rings. The van der Waals surface area contributed by atoms with Gasteiger partial charge in [0.05, 0.1) is 12.3 Å². The topological polar surface area (TPSA) is 106 Å². The summed E-state index contributed by atoms with van der Waals surface area (Å²) in [5.74, 6) is -0.869. The fraction of sp³-hybridized carbons (Fsp3) is 0.385. The van der Waals surface area contributed by atoms with Gasteiger partial charge in [0.1, 0.15) is 12.8 Å². The zero-order valence-corrected chi connectivity index (χ0v) is 21.8. The Kier molecular flexibility index (Phi) is 8.98. The highest BCUT2D eigenvalue weighted by Crippen LogP contribution is 2.30. The average molecular weight is 498 g/mol. The number of hydrogen-bond acceptors (Lipinski definition) is 6. The fourth-order valence-electron chi connectivity index (χ4n) is 3.45. The summed E-state index contributed by atoms with van der Waals surface area (Å²) < 4.78 is 13.1. The van der Waals surface area contributed by atoms with Gasteiger partial charge in [0.2, 0.25) is 0 Å². The van der Waals surface area contributed by atoms with Gasteiger partial charge in [-0.3, -0.25) is 10.0 Å². The van der Waals surface area contributed by atoms with Crippen LogP contribution in [0.1, 0.15) is 24.3 Å². The molecule has 0 aliphatic heterocycles. The van der Waals surface area contributed by atoms with Crippen molar-refractivity contribution in [2.24, 2.45) is 0 Å². The molecule has 1 amide bonds. The molecule has 2 atom stereocenters. The number of nitrogens with zero attached hydrogens (tertiary/aromatic N) is 2. The molecule has 8 nitrogen and oxygen atoms in total. The maximum Gasteiger partial charge on any atom is 0.278 e. The molecule has 2 aromatic carbocycles. The molecule has 0 saturated carbocycles. The minimum Gasteiger partial charge on any atom is -0.383 e. The van der Waals surface area contributed by atoms with Gasteiger partial charge in [-0.25, -0.2) is 10.2 Å². The number of hydroxylamine groups is 1. The summed E-state index contributed by atoms with van der Waals surface area (Å²) in [6, 6.07) is 20.4. The summed E-state index contributed by atoms with van der Waals surface area (Å²) in [7, 11) is -1.19. The number of aromatic nitrogens is 2. The monoisotopic (exact) mass is 497 g/mol. The van der Waals surface area contributed by atoms with Crippen LogP contribution in [-0.4, -0.2) is 46.3 Å². The lowest BCUT2D eigenvalue weighted by Gasteiger charge is -2.31. The number of ether oxygens (including phenoxy) is 2. The Hall–Kier alpha value is -2.82. The highest BCUT2D eigenvalue weighted by atomic mass is 28.3. The predicted molar refractivity (Wildman–Crippen MR) is 136 cm³/mol. The van der Waals surface area contributed by atoms with Crippen LogP contribution < -0.4 is 5.48 Å². The fourth-order valence-corrected chi connectivity index (χ4v) is 4.21. The third-order valence-electron chi connectivity index (χ3n) is 5.84. The highest BCUT2D eigenvalue weighted by molar-refractivity contribution is 6.76. The van der Waals surface area contributed by atoms with Gasteiger partial charge < -0.3 is 14.6 Å². The number of amides is 1. The lowest BCUT2D eigenvalue weighted by molar-refractivity contribution is -0.174. The normalized spacial score (nSPS) is 14.3. The Morgan fingerprint density at radius 2 is 1.74 bits per heavy atom. The molecule has 3 N–H and O–H groups in total. The van der Waals surface area contributed by atoms with E-state index in [1.54, 1.807) is 22.4 Å².